The molecule has 0 saturated carbocycles. The van der Waals surface area contributed by atoms with Gasteiger partial charge in [0, 0.05) is 50.0 Å². The topological polar surface area (TPSA) is 127 Å². The van der Waals surface area contributed by atoms with Crippen LogP contribution in [0.4, 0.5) is 15.0 Å². The van der Waals surface area contributed by atoms with E-state index in [1.165, 1.54) is 23.4 Å². The van der Waals surface area contributed by atoms with Crippen LogP contribution in [0, 0.1) is 5.82 Å². The maximum Gasteiger partial charge on any atom is 0.408 e. The molecule has 4 aromatic rings. The van der Waals surface area contributed by atoms with Gasteiger partial charge in [0.15, 0.2) is 5.82 Å². The first-order valence-corrected chi connectivity index (χ1v) is 15.1. The number of likely N-dealkylation sites (N-methyl/N-ethyl adjacent to an activating group) is 1. The van der Waals surface area contributed by atoms with E-state index in [9.17, 15) is 9.59 Å². The maximum atomic E-state index is 15.1. The molecule has 5 rings (SSSR count). The minimum absolute atomic E-state index is 0.176. The Morgan fingerprint density at radius 1 is 1.09 bits per heavy atom. The predicted octanol–water partition coefficient (Wildman–Crippen LogP) is 5.98. The molecule has 1 atom stereocenters. The number of alkyl carbamates (subject to hydrolysis) is 1. The molecule has 45 heavy (non-hydrogen) atoms. The molecule has 0 spiro atoms. The molecule has 11 nitrogen and oxygen atoms in total. The van der Waals surface area contributed by atoms with E-state index in [1.54, 1.807) is 59.1 Å². The summed E-state index contributed by atoms with van der Waals surface area (Å²) in [6.45, 7) is 10.7. The third-order valence-corrected chi connectivity index (χ3v) is 7.70. The molecular weight excluding hydrogens is 577 g/mol. The Balaban J connectivity index is 1.40. The average molecular weight is 618 g/mol. The minimum atomic E-state index is -0.964. The fourth-order valence-electron chi connectivity index (χ4n) is 5.42. The summed E-state index contributed by atoms with van der Waals surface area (Å²) in [5, 5.41) is 7.50. The Morgan fingerprint density at radius 2 is 1.78 bits per heavy atom. The second-order valence-electron chi connectivity index (χ2n) is 12.9. The molecule has 0 aliphatic carbocycles. The summed E-state index contributed by atoms with van der Waals surface area (Å²) in [6, 6.07) is 9.02. The Kier molecular flexibility index (Phi) is 9.03. The summed E-state index contributed by atoms with van der Waals surface area (Å²) < 4.78 is 25.9. The van der Waals surface area contributed by atoms with Crippen molar-refractivity contribution >= 4 is 28.7 Å². The molecule has 2 amide bonds. The normalized spacial score (nSPS) is 14.9. The van der Waals surface area contributed by atoms with Gasteiger partial charge < -0.3 is 24.4 Å². The molecule has 238 valence electrons. The van der Waals surface area contributed by atoms with E-state index in [0.29, 0.717) is 52.4 Å². The number of halogens is 1. The number of anilines is 1. The number of rotatable bonds is 7. The molecule has 2 aromatic carbocycles. The van der Waals surface area contributed by atoms with Crippen molar-refractivity contribution in [1.29, 1.82) is 0 Å². The number of fused-ring (bicyclic) bond motifs is 1. The number of aromatic nitrogens is 4. The Bertz CT molecular complexity index is 1670. The highest BCUT2D eigenvalue weighted by molar-refractivity contribution is 5.99. The fourth-order valence-corrected chi connectivity index (χ4v) is 5.42. The molecule has 0 bridgehead atoms. The summed E-state index contributed by atoms with van der Waals surface area (Å²) in [4.78, 5) is 42.8. The number of hydrogen-bond acceptors (Lipinski definition) is 9. The van der Waals surface area contributed by atoms with E-state index in [-0.39, 0.29) is 17.7 Å². The quantitative estimate of drug-likeness (QED) is 0.266. The third-order valence-electron chi connectivity index (χ3n) is 7.70. The van der Waals surface area contributed by atoms with Crippen LogP contribution < -0.4 is 10.2 Å². The zero-order valence-electron chi connectivity index (χ0n) is 26.8. The number of carbonyl (C=O) groups excluding carboxylic acids is 2. The average Bonchev–Trinajstić information content (AvgIpc) is 3.49. The van der Waals surface area contributed by atoms with E-state index in [2.05, 4.69) is 30.3 Å². The van der Waals surface area contributed by atoms with Gasteiger partial charge in [-0.15, -0.1) is 0 Å². The van der Waals surface area contributed by atoms with Crippen LogP contribution in [-0.2, 0) is 9.53 Å². The van der Waals surface area contributed by atoms with E-state index in [1.807, 2.05) is 13.8 Å². The number of piperidine rings is 1. The number of ether oxygens (including phenoxy) is 1. The summed E-state index contributed by atoms with van der Waals surface area (Å²) in [5.74, 6) is 1.69. The molecule has 1 unspecified atom stereocenters. The molecule has 1 saturated heterocycles. The van der Waals surface area contributed by atoms with Crippen molar-refractivity contribution in [1.82, 2.24) is 30.3 Å². The molecule has 0 radical (unpaired) electrons. The van der Waals surface area contributed by atoms with Gasteiger partial charge in [0.1, 0.15) is 29.6 Å². The fraction of sp³-hybridized carbons (Fsp3) is 0.455. The van der Waals surface area contributed by atoms with Crippen LogP contribution in [0.3, 0.4) is 0 Å². The van der Waals surface area contributed by atoms with Crippen molar-refractivity contribution in [3.05, 3.63) is 65.8 Å². The number of hydrogen-bond donors (Lipinski definition) is 1. The van der Waals surface area contributed by atoms with Gasteiger partial charge in [0.2, 0.25) is 11.8 Å². The number of carbonyl (C=O) groups is 2. The van der Waals surface area contributed by atoms with Crippen molar-refractivity contribution < 1.29 is 23.2 Å². The Hall–Kier alpha value is -4.61. The molecule has 1 fully saturated rings. The van der Waals surface area contributed by atoms with E-state index in [4.69, 9.17) is 9.26 Å². The van der Waals surface area contributed by atoms with Gasteiger partial charge in [-0.3, -0.25) is 4.79 Å². The van der Waals surface area contributed by atoms with Crippen LogP contribution in [0.2, 0.25) is 0 Å². The molecule has 1 N–H and O–H groups in total. The Morgan fingerprint density at radius 3 is 2.38 bits per heavy atom. The molecule has 2 aromatic heterocycles. The van der Waals surface area contributed by atoms with Crippen LogP contribution in [0.5, 0.6) is 0 Å². The van der Waals surface area contributed by atoms with Crippen LogP contribution in [0.1, 0.15) is 82.6 Å². The van der Waals surface area contributed by atoms with Gasteiger partial charge in [0.05, 0.1) is 5.52 Å². The van der Waals surface area contributed by atoms with Crippen LogP contribution >= 0.6 is 0 Å². The minimum Gasteiger partial charge on any atom is -0.444 e. The summed E-state index contributed by atoms with van der Waals surface area (Å²) in [7, 11) is 3.24. The van der Waals surface area contributed by atoms with Crippen molar-refractivity contribution in [3.8, 4) is 11.1 Å². The van der Waals surface area contributed by atoms with Gasteiger partial charge in [-0.2, -0.15) is 4.98 Å². The highest BCUT2D eigenvalue weighted by atomic mass is 19.1. The molecule has 1 aliphatic heterocycles. The standard InChI is InChI=1S/C33H40FN7O4/c1-19(2)30-38-28(39-45-30)22-12-14-41(15-13-22)29-25-17-23(34)16-24(27(25)35-18-36-29)20-8-10-21(11-9-20)26(31(42)40(6)7)37-32(43)44-33(3,4)5/h8-11,16-19,22,26H,12-15H2,1-7H3,(H,37,43). The summed E-state index contributed by atoms with van der Waals surface area (Å²) in [5.41, 5.74) is 1.75. The van der Waals surface area contributed by atoms with Gasteiger partial charge in [-0.25, -0.2) is 19.2 Å². The smallest absolute Gasteiger partial charge is 0.408 e. The zero-order valence-corrected chi connectivity index (χ0v) is 26.8. The summed E-state index contributed by atoms with van der Waals surface area (Å²) in [6.07, 6.45) is 2.44. The predicted molar refractivity (Wildman–Crippen MR) is 168 cm³/mol. The number of nitrogens with zero attached hydrogens (tertiary/aromatic N) is 6. The van der Waals surface area contributed by atoms with Crippen LogP contribution in [0.15, 0.2) is 47.2 Å². The first kappa shape index (κ1) is 31.8. The van der Waals surface area contributed by atoms with Crippen LogP contribution in [0.25, 0.3) is 22.0 Å². The summed E-state index contributed by atoms with van der Waals surface area (Å²) >= 11 is 0. The molecule has 1 aliphatic rings. The van der Waals surface area contributed by atoms with Gasteiger partial charge in [-0.05, 0) is 56.9 Å². The lowest BCUT2D eigenvalue weighted by molar-refractivity contribution is -0.131. The number of amides is 2. The zero-order chi connectivity index (χ0) is 32.5. The van der Waals surface area contributed by atoms with Gasteiger partial charge in [0.25, 0.3) is 0 Å². The van der Waals surface area contributed by atoms with Crippen molar-refractivity contribution in [3.63, 3.8) is 0 Å². The first-order valence-electron chi connectivity index (χ1n) is 15.1. The van der Waals surface area contributed by atoms with Crippen molar-refractivity contribution in [2.24, 2.45) is 0 Å². The number of benzene rings is 2. The lowest BCUT2D eigenvalue weighted by Gasteiger charge is -2.32. The van der Waals surface area contributed by atoms with E-state index >= 15 is 4.39 Å². The van der Waals surface area contributed by atoms with Crippen LogP contribution in [-0.4, -0.2) is 69.8 Å². The number of nitrogens with one attached hydrogen (secondary N) is 1. The molecule has 12 heteroatoms. The molecular formula is C33H40FN7O4. The largest absolute Gasteiger partial charge is 0.444 e. The highest BCUT2D eigenvalue weighted by Gasteiger charge is 2.29. The molecule has 3 heterocycles. The van der Waals surface area contributed by atoms with Gasteiger partial charge in [-0.1, -0.05) is 43.3 Å². The highest BCUT2D eigenvalue weighted by Crippen LogP contribution is 2.36. The second-order valence-corrected chi connectivity index (χ2v) is 12.9. The van der Waals surface area contributed by atoms with Crippen molar-refractivity contribution in [2.75, 3.05) is 32.1 Å². The van der Waals surface area contributed by atoms with Crippen molar-refractivity contribution in [2.45, 2.75) is 70.9 Å². The van der Waals surface area contributed by atoms with E-state index in [0.717, 1.165) is 18.7 Å². The van der Waals surface area contributed by atoms with Gasteiger partial charge >= 0.3 is 6.09 Å². The first-order chi connectivity index (χ1) is 21.3. The Labute approximate surface area is 262 Å². The third kappa shape index (κ3) is 7.21. The second kappa shape index (κ2) is 12.8. The maximum absolute atomic E-state index is 15.1. The SMILES string of the molecule is CC(C)c1nc(C2CCN(c3ncnc4c(-c5ccc(C(NC(=O)OC(C)(C)C)C(=O)N(C)C)cc5)cc(F)cc34)CC2)no1. The van der Waals surface area contributed by atoms with E-state index < -0.39 is 23.6 Å². The monoisotopic (exact) mass is 617 g/mol. The lowest BCUT2D eigenvalue weighted by atomic mass is 9.95. The lowest BCUT2D eigenvalue weighted by Crippen LogP contribution is -2.42.